The average molecular weight is 542 g/mol. The van der Waals surface area contributed by atoms with Crippen molar-refractivity contribution < 1.29 is 25.6 Å². The molecule has 1 aliphatic rings. The van der Waals surface area contributed by atoms with Crippen molar-refractivity contribution in [2.75, 3.05) is 17.8 Å². The molecule has 1 aliphatic heterocycles. The molecule has 0 radical (unpaired) electrons. The first-order valence-electron chi connectivity index (χ1n) is 10.8. The highest BCUT2D eigenvalue weighted by atomic mass is 35.5. The first-order chi connectivity index (χ1) is 16.6. The molecule has 1 fully saturated rings. The monoisotopic (exact) mass is 541 g/mol. The summed E-state index contributed by atoms with van der Waals surface area (Å²) in [4.78, 5) is 3.84. The summed E-state index contributed by atoms with van der Waals surface area (Å²) < 4.78 is 85.5. The number of rotatable bonds is 7. The molecule has 0 spiro atoms. The summed E-state index contributed by atoms with van der Waals surface area (Å²) in [6, 6.07) is 10.4. The normalized spacial score (nSPS) is 16.1. The first kappa shape index (κ1) is 25.5. The lowest BCUT2D eigenvalue weighted by molar-refractivity contribution is 0.349. The van der Waals surface area contributed by atoms with Gasteiger partial charge in [-0.25, -0.2) is 22.2 Å². The fourth-order valence-electron chi connectivity index (χ4n) is 3.97. The van der Waals surface area contributed by atoms with Gasteiger partial charge in [0.15, 0.2) is 9.84 Å². The molecular formula is C23H22ClF2N3O4S2. The van der Waals surface area contributed by atoms with Crippen LogP contribution in [0, 0.1) is 11.6 Å². The average Bonchev–Trinajstić information content (AvgIpc) is 2.82. The summed E-state index contributed by atoms with van der Waals surface area (Å²) in [5, 5.41) is -1.38. The van der Waals surface area contributed by atoms with Gasteiger partial charge in [0.2, 0.25) is 0 Å². The molecule has 0 amide bonds. The molecule has 186 valence electrons. The number of hydrogen-bond donors (Lipinski definition) is 1. The van der Waals surface area contributed by atoms with E-state index in [0.29, 0.717) is 18.1 Å². The van der Waals surface area contributed by atoms with Crippen LogP contribution in [-0.4, -0.2) is 39.2 Å². The second-order valence-electron chi connectivity index (χ2n) is 8.09. The zero-order valence-electron chi connectivity index (χ0n) is 18.4. The molecule has 12 heteroatoms. The number of nitrogens with one attached hydrogen (secondary N) is 1. The van der Waals surface area contributed by atoms with Gasteiger partial charge in [0.25, 0.3) is 0 Å². The summed E-state index contributed by atoms with van der Waals surface area (Å²) in [5.74, 6) is -1.89. The Morgan fingerprint density at radius 2 is 1.60 bits per heavy atom. The maximum atomic E-state index is 14.8. The second-order valence-corrected chi connectivity index (χ2v) is 12.2. The zero-order chi connectivity index (χ0) is 25.2. The van der Waals surface area contributed by atoms with Gasteiger partial charge in [0.05, 0.1) is 4.90 Å². The van der Waals surface area contributed by atoms with Gasteiger partial charge in [-0.05, 0) is 73.0 Å². The Balaban J connectivity index is 1.80. The molecule has 1 aromatic heterocycles. The minimum Gasteiger partial charge on any atom is -0.254 e. The Hall–Kier alpha value is -2.60. The van der Waals surface area contributed by atoms with Crippen molar-refractivity contribution in [1.82, 2.24) is 9.29 Å². The van der Waals surface area contributed by atoms with Gasteiger partial charge >= 0.3 is 10.2 Å². The SMILES string of the molecule is O=S(=O)(c1ccc(Cl)cc1)C(c1ccnc(NS(=O)(=O)N2CCCCC2)c1)c1cc(F)ccc1F. The van der Waals surface area contributed by atoms with Crippen LogP contribution in [0.3, 0.4) is 0 Å². The third-order valence-electron chi connectivity index (χ3n) is 5.67. The fourth-order valence-corrected chi connectivity index (χ4v) is 7.15. The number of benzene rings is 2. The molecule has 0 saturated carbocycles. The lowest BCUT2D eigenvalue weighted by Gasteiger charge is -2.26. The highest BCUT2D eigenvalue weighted by molar-refractivity contribution is 7.92. The number of sulfone groups is 1. The molecule has 1 atom stereocenters. The quantitative estimate of drug-likeness (QED) is 0.467. The molecule has 1 saturated heterocycles. The second kappa shape index (κ2) is 10.2. The van der Waals surface area contributed by atoms with E-state index in [4.69, 9.17) is 11.6 Å². The largest absolute Gasteiger partial charge is 0.302 e. The van der Waals surface area contributed by atoms with Crippen LogP contribution >= 0.6 is 11.6 Å². The Morgan fingerprint density at radius 1 is 0.914 bits per heavy atom. The van der Waals surface area contributed by atoms with E-state index in [1.165, 1.54) is 46.9 Å². The van der Waals surface area contributed by atoms with Gasteiger partial charge in [-0.15, -0.1) is 0 Å². The molecule has 35 heavy (non-hydrogen) atoms. The van der Waals surface area contributed by atoms with E-state index in [-0.39, 0.29) is 16.3 Å². The van der Waals surface area contributed by atoms with Crippen LogP contribution in [0.25, 0.3) is 0 Å². The van der Waals surface area contributed by atoms with Crippen LogP contribution in [0.2, 0.25) is 5.02 Å². The summed E-state index contributed by atoms with van der Waals surface area (Å²) in [7, 11) is -8.25. The number of piperidine rings is 1. The minimum atomic E-state index is -4.32. The highest BCUT2D eigenvalue weighted by Crippen LogP contribution is 2.37. The first-order valence-corrected chi connectivity index (χ1v) is 14.1. The molecule has 0 bridgehead atoms. The molecular weight excluding hydrogens is 520 g/mol. The van der Waals surface area contributed by atoms with Crippen LogP contribution in [0.4, 0.5) is 14.6 Å². The van der Waals surface area contributed by atoms with E-state index in [1.807, 2.05) is 0 Å². The van der Waals surface area contributed by atoms with Gasteiger partial charge in [-0.1, -0.05) is 18.0 Å². The van der Waals surface area contributed by atoms with E-state index >= 15 is 0 Å². The number of anilines is 1. The number of aromatic nitrogens is 1. The van der Waals surface area contributed by atoms with Gasteiger partial charge in [0, 0.05) is 29.9 Å². The van der Waals surface area contributed by atoms with Crippen molar-refractivity contribution in [2.24, 2.45) is 0 Å². The van der Waals surface area contributed by atoms with E-state index in [1.54, 1.807) is 0 Å². The van der Waals surface area contributed by atoms with E-state index < -0.39 is 42.5 Å². The van der Waals surface area contributed by atoms with Crippen molar-refractivity contribution in [3.63, 3.8) is 0 Å². The molecule has 1 N–H and O–H groups in total. The third kappa shape index (κ3) is 5.64. The maximum absolute atomic E-state index is 14.8. The molecule has 0 aliphatic carbocycles. The van der Waals surface area contributed by atoms with Crippen molar-refractivity contribution in [2.45, 2.75) is 29.4 Å². The van der Waals surface area contributed by atoms with E-state index in [0.717, 1.165) is 37.5 Å². The van der Waals surface area contributed by atoms with Crippen molar-refractivity contribution in [3.8, 4) is 0 Å². The molecule has 4 rings (SSSR count). The van der Waals surface area contributed by atoms with Crippen LogP contribution in [0.1, 0.15) is 35.6 Å². The minimum absolute atomic E-state index is 0.00999. The van der Waals surface area contributed by atoms with Gasteiger partial charge in [0.1, 0.15) is 22.7 Å². The number of hydrogen-bond acceptors (Lipinski definition) is 5. The Kier molecular flexibility index (Phi) is 7.41. The predicted octanol–water partition coefficient (Wildman–Crippen LogP) is 4.72. The summed E-state index contributed by atoms with van der Waals surface area (Å²) in [6.07, 6.45) is 3.61. The molecule has 1 unspecified atom stereocenters. The smallest absolute Gasteiger partial charge is 0.254 e. The van der Waals surface area contributed by atoms with Crippen LogP contribution < -0.4 is 4.72 Å². The van der Waals surface area contributed by atoms with Crippen molar-refractivity contribution in [3.05, 3.63) is 88.6 Å². The van der Waals surface area contributed by atoms with Crippen LogP contribution in [0.15, 0.2) is 65.7 Å². The third-order valence-corrected chi connectivity index (χ3v) is 9.51. The number of halogens is 3. The standard InChI is InChI=1S/C23H22ClF2N3O4S2/c24-17-4-7-19(8-5-17)34(30,31)23(20-15-18(25)6-9-21(20)26)16-10-11-27-22(14-16)28-35(32,33)29-12-2-1-3-13-29/h4-11,14-15,23H,1-3,12-13H2,(H,27,28). The Morgan fingerprint density at radius 3 is 2.29 bits per heavy atom. The highest BCUT2D eigenvalue weighted by Gasteiger charge is 2.34. The lowest BCUT2D eigenvalue weighted by Crippen LogP contribution is -2.39. The number of pyridine rings is 1. The Bertz CT molecular complexity index is 1430. The number of nitrogens with zero attached hydrogens (tertiary/aromatic N) is 2. The summed E-state index contributed by atoms with van der Waals surface area (Å²) in [6.45, 7) is 0.716. The molecule has 2 heterocycles. The van der Waals surface area contributed by atoms with Gasteiger partial charge in [-0.2, -0.15) is 12.7 Å². The van der Waals surface area contributed by atoms with E-state index in [2.05, 4.69) is 9.71 Å². The maximum Gasteiger partial charge on any atom is 0.302 e. The Labute approximate surface area is 207 Å². The molecule has 2 aromatic carbocycles. The molecule has 7 nitrogen and oxygen atoms in total. The molecule has 3 aromatic rings. The van der Waals surface area contributed by atoms with Crippen LogP contribution in [-0.2, 0) is 20.0 Å². The van der Waals surface area contributed by atoms with Gasteiger partial charge in [-0.3, -0.25) is 4.72 Å². The van der Waals surface area contributed by atoms with Gasteiger partial charge < -0.3 is 0 Å². The van der Waals surface area contributed by atoms with E-state index in [9.17, 15) is 25.6 Å². The summed E-state index contributed by atoms with van der Waals surface area (Å²) in [5.41, 5.74) is -0.410. The lowest BCUT2D eigenvalue weighted by atomic mass is 10.0. The summed E-state index contributed by atoms with van der Waals surface area (Å²) >= 11 is 5.89. The predicted molar refractivity (Wildman–Crippen MR) is 129 cm³/mol. The van der Waals surface area contributed by atoms with Crippen molar-refractivity contribution in [1.29, 1.82) is 0 Å². The fraction of sp³-hybridized carbons (Fsp3) is 0.261. The van der Waals surface area contributed by atoms with Crippen molar-refractivity contribution >= 4 is 37.5 Å². The topological polar surface area (TPSA) is 96.4 Å². The zero-order valence-corrected chi connectivity index (χ0v) is 20.8. The van der Waals surface area contributed by atoms with Crippen LogP contribution in [0.5, 0.6) is 0 Å².